The molecule has 0 saturated heterocycles. The summed E-state index contributed by atoms with van der Waals surface area (Å²) in [6.07, 6.45) is 6.18. The molecule has 0 N–H and O–H groups in total. The lowest BCUT2D eigenvalue weighted by atomic mass is 10.4. The Bertz CT molecular complexity index is 188. The molecule has 4 heteroatoms. The number of hydrogen-bond acceptors (Lipinski definition) is 4. The van der Waals surface area contributed by atoms with Gasteiger partial charge in [0.15, 0.2) is 6.29 Å². The van der Waals surface area contributed by atoms with Crippen molar-refractivity contribution >= 4 is 24.6 Å². The maximum atomic E-state index is 10.1. The zero-order chi connectivity index (χ0) is 7.40. The minimum Gasteiger partial charge on any atom is -0.303 e. The molecule has 0 atom stereocenters. The van der Waals surface area contributed by atoms with Gasteiger partial charge in [-0.05, 0) is 6.08 Å². The van der Waals surface area contributed by atoms with E-state index in [1.165, 1.54) is 0 Å². The van der Waals surface area contributed by atoms with E-state index in [1.807, 2.05) is 10.6 Å². The van der Waals surface area contributed by atoms with Crippen LogP contribution in [-0.2, 0) is 4.79 Å². The predicted molar refractivity (Wildman–Crippen MR) is 42.9 cm³/mol. The van der Waals surface area contributed by atoms with Gasteiger partial charge < -0.3 is 4.31 Å². The SMILES string of the molecule is CSN1C=NC(C=O)=CC1. The molecule has 54 valence electrons. The predicted octanol–water partition coefficient (Wildman–Crippen LogP) is 0.691. The van der Waals surface area contributed by atoms with E-state index >= 15 is 0 Å². The van der Waals surface area contributed by atoms with Gasteiger partial charge in [-0.25, -0.2) is 4.99 Å². The third-order valence-electron chi connectivity index (χ3n) is 1.17. The lowest BCUT2D eigenvalue weighted by molar-refractivity contribution is -0.104. The van der Waals surface area contributed by atoms with Crippen molar-refractivity contribution in [2.75, 3.05) is 12.8 Å². The summed E-state index contributed by atoms with van der Waals surface area (Å²) in [5.74, 6) is 0. The van der Waals surface area contributed by atoms with Crippen LogP contribution in [0.15, 0.2) is 16.8 Å². The molecule has 1 aliphatic heterocycles. The van der Waals surface area contributed by atoms with E-state index < -0.39 is 0 Å². The standard InChI is InChI=1S/C6H8N2OS/c1-10-8-3-2-6(4-9)7-5-8/h2,4-5H,3H2,1H3. The minimum absolute atomic E-state index is 0.519. The Kier molecular flexibility index (Phi) is 2.50. The summed E-state index contributed by atoms with van der Waals surface area (Å²) in [6, 6.07) is 0. The minimum atomic E-state index is 0.519. The second kappa shape index (κ2) is 3.41. The second-order valence-corrected chi connectivity index (χ2v) is 2.61. The van der Waals surface area contributed by atoms with Crippen LogP contribution in [0.4, 0.5) is 0 Å². The van der Waals surface area contributed by atoms with Crippen LogP contribution in [0.2, 0.25) is 0 Å². The fraction of sp³-hybridized carbons (Fsp3) is 0.333. The Hall–Kier alpha value is -0.770. The first-order valence-corrected chi connectivity index (χ1v) is 4.05. The van der Waals surface area contributed by atoms with Gasteiger partial charge in [0, 0.05) is 6.26 Å². The van der Waals surface area contributed by atoms with E-state index in [0.29, 0.717) is 5.70 Å². The van der Waals surface area contributed by atoms with Crippen LogP contribution >= 0.6 is 11.9 Å². The monoisotopic (exact) mass is 156 g/mol. The number of aldehydes is 1. The Balaban J connectivity index is 2.54. The zero-order valence-corrected chi connectivity index (χ0v) is 6.47. The van der Waals surface area contributed by atoms with Gasteiger partial charge in [-0.1, -0.05) is 11.9 Å². The molecule has 0 bridgehead atoms. The fourth-order valence-corrected chi connectivity index (χ4v) is 0.980. The molecule has 0 saturated carbocycles. The van der Waals surface area contributed by atoms with E-state index in [0.717, 1.165) is 12.8 Å². The first kappa shape index (κ1) is 7.34. The summed E-state index contributed by atoms with van der Waals surface area (Å²) in [5.41, 5.74) is 0.519. The van der Waals surface area contributed by atoms with Crippen molar-refractivity contribution in [2.45, 2.75) is 0 Å². The fourth-order valence-electron chi connectivity index (χ4n) is 0.615. The van der Waals surface area contributed by atoms with Crippen LogP contribution < -0.4 is 0 Å². The molecule has 0 aliphatic carbocycles. The molecule has 10 heavy (non-hydrogen) atoms. The summed E-state index contributed by atoms with van der Waals surface area (Å²) in [7, 11) is 0. The van der Waals surface area contributed by atoms with Crippen LogP contribution in [0.1, 0.15) is 0 Å². The van der Waals surface area contributed by atoms with Crippen molar-refractivity contribution in [1.82, 2.24) is 4.31 Å². The molecule has 1 aliphatic rings. The lowest BCUT2D eigenvalue weighted by Gasteiger charge is -2.15. The number of aliphatic imine (C=N–C) groups is 1. The Labute approximate surface area is 63.9 Å². The molecule has 0 amide bonds. The van der Waals surface area contributed by atoms with Crippen LogP contribution in [0.25, 0.3) is 0 Å². The van der Waals surface area contributed by atoms with Gasteiger partial charge in [-0.2, -0.15) is 0 Å². The van der Waals surface area contributed by atoms with Gasteiger partial charge in [0.1, 0.15) is 12.0 Å². The van der Waals surface area contributed by atoms with Crippen molar-refractivity contribution in [1.29, 1.82) is 0 Å². The molecule has 3 nitrogen and oxygen atoms in total. The largest absolute Gasteiger partial charge is 0.303 e. The second-order valence-electron chi connectivity index (χ2n) is 1.77. The maximum absolute atomic E-state index is 10.1. The molecule has 0 aromatic rings. The van der Waals surface area contributed by atoms with Gasteiger partial charge in [-0.3, -0.25) is 4.79 Å². The highest BCUT2D eigenvalue weighted by Gasteiger charge is 2.01. The van der Waals surface area contributed by atoms with Crippen LogP contribution in [0, 0.1) is 0 Å². The summed E-state index contributed by atoms with van der Waals surface area (Å²) < 4.78 is 1.94. The third-order valence-corrected chi connectivity index (χ3v) is 1.88. The first-order valence-electron chi connectivity index (χ1n) is 2.87. The number of carbonyl (C=O) groups excluding carboxylic acids is 1. The van der Waals surface area contributed by atoms with Gasteiger partial charge in [0.25, 0.3) is 0 Å². The summed E-state index contributed by atoms with van der Waals surface area (Å²) in [5, 5.41) is 0. The number of carbonyl (C=O) groups is 1. The van der Waals surface area contributed by atoms with Crippen LogP contribution in [0.5, 0.6) is 0 Å². The van der Waals surface area contributed by atoms with Crippen LogP contribution in [-0.4, -0.2) is 29.7 Å². The molecule has 0 aromatic carbocycles. The quantitative estimate of drug-likeness (QED) is 0.435. The zero-order valence-electron chi connectivity index (χ0n) is 5.65. The first-order chi connectivity index (χ1) is 4.86. The smallest absolute Gasteiger partial charge is 0.168 e. The van der Waals surface area contributed by atoms with Gasteiger partial charge in [0.05, 0.1) is 6.54 Å². The van der Waals surface area contributed by atoms with Crippen molar-refractivity contribution < 1.29 is 4.79 Å². The Morgan fingerprint density at radius 1 is 1.90 bits per heavy atom. The Morgan fingerprint density at radius 2 is 2.70 bits per heavy atom. The number of allylic oxidation sites excluding steroid dienone is 1. The third kappa shape index (κ3) is 1.60. The normalized spacial score (nSPS) is 16.9. The molecular weight excluding hydrogens is 148 g/mol. The van der Waals surface area contributed by atoms with E-state index in [2.05, 4.69) is 4.99 Å². The van der Waals surface area contributed by atoms with Crippen molar-refractivity contribution in [3.05, 3.63) is 11.8 Å². The van der Waals surface area contributed by atoms with Crippen molar-refractivity contribution in [3.63, 3.8) is 0 Å². The average molecular weight is 156 g/mol. The van der Waals surface area contributed by atoms with E-state index in [-0.39, 0.29) is 0 Å². The van der Waals surface area contributed by atoms with Crippen molar-refractivity contribution in [2.24, 2.45) is 4.99 Å². The lowest BCUT2D eigenvalue weighted by Crippen LogP contribution is -2.16. The highest BCUT2D eigenvalue weighted by molar-refractivity contribution is 7.96. The van der Waals surface area contributed by atoms with Crippen LogP contribution in [0.3, 0.4) is 0 Å². The topological polar surface area (TPSA) is 32.7 Å². The van der Waals surface area contributed by atoms with E-state index in [4.69, 9.17) is 0 Å². The molecule has 1 rings (SSSR count). The molecule has 0 radical (unpaired) electrons. The highest BCUT2D eigenvalue weighted by atomic mass is 32.2. The molecule has 0 spiro atoms. The Morgan fingerprint density at radius 3 is 3.10 bits per heavy atom. The van der Waals surface area contributed by atoms with Gasteiger partial charge >= 0.3 is 0 Å². The average Bonchev–Trinajstić information content (AvgIpc) is 2.05. The van der Waals surface area contributed by atoms with Gasteiger partial charge in [0.2, 0.25) is 0 Å². The van der Waals surface area contributed by atoms with Crippen molar-refractivity contribution in [3.8, 4) is 0 Å². The summed E-state index contributed by atoms with van der Waals surface area (Å²) in [4.78, 5) is 14.0. The molecule has 0 unspecified atom stereocenters. The summed E-state index contributed by atoms with van der Waals surface area (Å²) >= 11 is 1.58. The molecule has 0 fully saturated rings. The number of hydrogen-bond donors (Lipinski definition) is 0. The maximum Gasteiger partial charge on any atom is 0.168 e. The highest BCUT2D eigenvalue weighted by Crippen LogP contribution is 2.07. The molecular formula is C6H8N2OS. The van der Waals surface area contributed by atoms with E-state index in [9.17, 15) is 4.79 Å². The summed E-state index contributed by atoms with van der Waals surface area (Å²) in [6.45, 7) is 0.763. The van der Waals surface area contributed by atoms with Gasteiger partial charge in [-0.15, -0.1) is 0 Å². The molecule has 0 aromatic heterocycles. The van der Waals surface area contributed by atoms with E-state index in [1.54, 1.807) is 24.4 Å². The molecule has 1 heterocycles. The number of rotatable bonds is 2. The number of nitrogens with zero attached hydrogens (tertiary/aromatic N) is 2.